The van der Waals surface area contributed by atoms with Crippen LogP contribution in [0.25, 0.3) is 0 Å². The number of carbonyl (C=O) groups is 2. The predicted octanol–water partition coefficient (Wildman–Crippen LogP) is 5.03. The lowest BCUT2D eigenvalue weighted by Gasteiger charge is -2.11. The number of carboxylic acid groups (broad SMARTS) is 2. The van der Waals surface area contributed by atoms with Crippen LogP contribution in [0.15, 0.2) is 82.6 Å². The first-order chi connectivity index (χ1) is 12.5. The van der Waals surface area contributed by atoms with Gasteiger partial charge in [0.1, 0.15) is 17.1 Å². The highest BCUT2D eigenvalue weighted by Crippen LogP contribution is 2.32. The lowest BCUT2D eigenvalue weighted by molar-refractivity contribution is 0.0649. The van der Waals surface area contributed by atoms with Crippen LogP contribution in [0, 0.1) is 0 Å². The van der Waals surface area contributed by atoms with E-state index in [0.717, 1.165) is 9.79 Å². The quantitative estimate of drug-likeness (QED) is 0.637. The first-order valence-electron chi connectivity index (χ1n) is 7.65. The number of hydrogen-bond donors (Lipinski definition) is 2. The molecule has 3 rings (SSSR count). The summed E-state index contributed by atoms with van der Waals surface area (Å²) in [5, 5.41) is 18.5. The van der Waals surface area contributed by atoms with Gasteiger partial charge >= 0.3 is 11.9 Å². The second-order valence-electron chi connectivity index (χ2n) is 5.28. The van der Waals surface area contributed by atoms with E-state index in [9.17, 15) is 14.7 Å². The van der Waals surface area contributed by atoms with Crippen molar-refractivity contribution in [1.29, 1.82) is 0 Å². The molecule has 130 valence electrons. The molecule has 0 amide bonds. The molecule has 26 heavy (non-hydrogen) atoms. The third kappa shape index (κ3) is 4.04. The number of benzene rings is 3. The standard InChI is InChI=1S/C20H14O5S/c21-19(22)16-7-4-8-17(18(16)20(23)24)25-13-9-11-15(12-10-13)26-14-5-2-1-3-6-14/h1-12H,(H,21,22)(H,23,24). The fraction of sp³-hybridized carbons (Fsp3) is 0. The molecule has 5 nitrogen and oxygen atoms in total. The molecule has 0 aromatic heterocycles. The minimum Gasteiger partial charge on any atom is -0.478 e. The minimum atomic E-state index is -1.35. The van der Waals surface area contributed by atoms with Crippen molar-refractivity contribution < 1.29 is 24.5 Å². The van der Waals surface area contributed by atoms with Gasteiger partial charge in [0, 0.05) is 9.79 Å². The van der Waals surface area contributed by atoms with Crippen LogP contribution >= 0.6 is 11.8 Å². The Morgan fingerprint density at radius 3 is 2.00 bits per heavy atom. The summed E-state index contributed by atoms with van der Waals surface area (Å²) < 4.78 is 5.61. The van der Waals surface area contributed by atoms with E-state index in [0.29, 0.717) is 5.75 Å². The summed E-state index contributed by atoms with van der Waals surface area (Å²) in [7, 11) is 0. The monoisotopic (exact) mass is 366 g/mol. The van der Waals surface area contributed by atoms with E-state index in [-0.39, 0.29) is 16.9 Å². The van der Waals surface area contributed by atoms with Gasteiger partial charge in [-0.15, -0.1) is 0 Å². The molecule has 0 saturated carbocycles. The lowest BCUT2D eigenvalue weighted by Crippen LogP contribution is -2.09. The van der Waals surface area contributed by atoms with Crippen molar-refractivity contribution in [2.75, 3.05) is 0 Å². The van der Waals surface area contributed by atoms with Gasteiger partial charge in [-0.05, 0) is 48.5 Å². The summed E-state index contributed by atoms with van der Waals surface area (Å²) in [6, 6.07) is 21.1. The van der Waals surface area contributed by atoms with Gasteiger partial charge in [-0.25, -0.2) is 9.59 Å². The molecule has 0 aliphatic heterocycles. The van der Waals surface area contributed by atoms with Crippen molar-refractivity contribution in [3.8, 4) is 11.5 Å². The second-order valence-corrected chi connectivity index (χ2v) is 6.42. The summed E-state index contributed by atoms with van der Waals surface area (Å²) >= 11 is 1.59. The molecule has 3 aromatic carbocycles. The minimum absolute atomic E-state index is 0.0131. The topological polar surface area (TPSA) is 83.8 Å². The summed E-state index contributed by atoms with van der Waals surface area (Å²) in [5.41, 5.74) is -0.686. The van der Waals surface area contributed by atoms with Gasteiger partial charge in [0.25, 0.3) is 0 Å². The number of carboxylic acids is 2. The molecule has 0 spiro atoms. The molecular formula is C20H14O5S. The van der Waals surface area contributed by atoms with Crippen LogP contribution < -0.4 is 4.74 Å². The first-order valence-corrected chi connectivity index (χ1v) is 8.46. The molecule has 0 aliphatic rings. The summed E-state index contributed by atoms with van der Waals surface area (Å²) in [6.45, 7) is 0. The van der Waals surface area contributed by atoms with Crippen molar-refractivity contribution in [3.63, 3.8) is 0 Å². The molecule has 2 N–H and O–H groups in total. The first kappa shape index (κ1) is 17.6. The number of hydrogen-bond acceptors (Lipinski definition) is 4. The van der Waals surface area contributed by atoms with Crippen molar-refractivity contribution in [3.05, 3.63) is 83.9 Å². The van der Waals surface area contributed by atoms with Crippen molar-refractivity contribution in [1.82, 2.24) is 0 Å². The molecule has 0 heterocycles. The second kappa shape index (κ2) is 7.76. The van der Waals surface area contributed by atoms with Crippen LogP contribution in [-0.2, 0) is 0 Å². The molecule has 0 unspecified atom stereocenters. The molecular weight excluding hydrogens is 352 g/mol. The van der Waals surface area contributed by atoms with E-state index < -0.39 is 11.9 Å². The predicted molar refractivity (Wildman–Crippen MR) is 97.4 cm³/mol. The average Bonchev–Trinajstić information content (AvgIpc) is 2.64. The SMILES string of the molecule is O=C(O)c1cccc(Oc2ccc(Sc3ccccc3)cc2)c1C(=O)O. The highest BCUT2D eigenvalue weighted by atomic mass is 32.2. The molecule has 6 heteroatoms. The Kier molecular flexibility index (Phi) is 5.24. The van der Waals surface area contributed by atoms with Gasteiger partial charge in [-0.1, -0.05) is 36.0 Å². The van der Waals surface area contributed by atoms with Crippen molar-refractivity contribution >= 4 is 23.7 Å². The van der Waals surface area contributed by atoms with Crippen LogP contribution in [0.3, 0.4) is 0 Å². The van der Waals surface area contributed by atoms with Gasteiger partial charge in [0.05, 0.1) is 5.56 Å². The summed E-state index contributed by atoms with van der Waals surface area (Å²) in [5.74, 6) is -2.26. The summed E-state index contributed by atoms with van der Waals surface area (Å²) in [6.07, 6.45) is 0. The van der Waals surface area contributed by atoms with E-state index in [2.05, 4.69) is 0 Å². The third-order valence-corrected chi connectivity index (χ3v) is 4.52. The summed E-state index contributed by atoms with van der Waals surface area (Å²) in [4.78, 5) is 24.8. The van der Waals surface area contributed by atoms with Gasteiger partial charge in [0.15, 0.2) is 0 Å². The smallest absolute Gasteiger partial charge is 0.340 e. The van der Waals surface area contributed by atoms with Gasteiger partial charge in [0.2, 0.25) is 0 Å². The van der Waals surface area contributed by atoms with E-state index in [1.165, 1.54) is 18.2 Å². The molecule has 0 fully saturated rings. The number of ether oxygens (including phenoxy) is 1. The molecule has 0 bridgehead atoms. The maximum absolute atomic E-state index is 11.4. The maximum Gasteiger partial charge on any atom is 0.340 e. The molecule has 3 aromatic rings. The van der Waals surface area contributed by atoms with E-state index in [4.69, 9.17) is 9.84 Å². The zero-order chi connectivity index (χ0) is 18.5. The van der Waals surface area contributed by atoms with E-state index in [1.807, 2.05) is 42.5 Å². The van der Waals surface area contributed by atoms with Gasteiger partial charge in [-0.3, -0.25) is 0 Å². The molecule has 0 atom stereocenters. The Hall–Kier alpha value is -3.25. The fourth-order valence-corrected chi connectivity index (χ4v) is 3.18. The highest BCUT2D eigenvalue weighted by Gasteiger charge is 2.21. The lowest BCUT2D eigenvalue weighted by atomic mass is 10.1. The van der Waals surface area contributed by atoms with Crippen LogP contribution in [0.2, 0.25) is 0 Å². The van der Waals surface area contributed by atoms with E-state index in [1.54, 1.807) is 23.9 Å². The third-order valence-electron chi connectivity index (χ3n) is 3.50. The Balaban J connectivity index is 1.82. The zero-order valence-electron chi connectivity index (χ0n) is 13.5. The zero-order valence-corrected chi connectivity index (χ0v) is 14.3. The Labute approximate surface area is 153 Å². The normalized spacial score (nSPS) is 10.3. The van der Waals surface area contributed by atoms with Gasteiger partial charge < -0.3 is 14.9 Å². The van der Waals surface area contributed by atoms with Crippen LogP contribution in [0.4, 0.5) is 0 Å². The van der Waals surface area contributed by atoms with Crippen LogP contribution in [0.1, 0.15) is 20.7 Å². The maximum atomic E-state index is 11.4. The van der Waals surface area contributed by atoms with Crippen molar-refractivity contribution in [2.45, 2.75) is 9.79 Å². The Morgan fingerprint density at radius 1 is 0.731 bits per heavy atom. The number of aromatic carboxylic acids is 2. The van der Waals surface area contributed by atoms with Gasteiger partial charge in [-0.2, -0.15) is 0 Å². The fourth-order valence-electron chi connectivity index (χ4n) is 2.34. The van der Waals surface area contributed by atoms with Crippen molar-refractivity contribution in [2.24, 2.45) is 0 Å². The van der Waals surface area contributed by atoms with Crippen LogP contribution in [0.5, 0.6) is 11.5 Å². The van der Waals surface area contributed by atoms with Crippen LogP contribution in [-0.4, -0.2) is 22.2 Å². The number of rotatable bonds is 6. The Bertz CT molecular complexity index is 936. The molecule has 0 radical (unpaired) electrons. The molecule has 0 aliphatic carbocycles. The largest absolute Gasteiger partial charge is 0.478 e. The Morgan fingerprint density at radius 2 is 1.38 bits per heavy atom. The highest BCUT2D eigenvalue weighted by molar-refractivity contribution is 7.99. The molecule has 0 saturated heterocycles. The van der Waals surface area contributed by atoms with E-state index >= 15 is 0 Å². The average molecular weight is 366 g/mol.